The molecule has 1 aliphatic rings. The minimum atomic E-state index is -3.34. The highest BCUT2D eigenvalue weighted by molar-refractivity contribution is 7.89. The van der Waals surface area contributed by atoms with E-state index < -0.39 is 10.0 Å². The van der Waals surface area contributed by atoms with Crippen LogP contribution >= 0.6 is 0 Å². The number of hydrogen-bond acceptors (Lipinski definition) is 3. The summed E-state index contributed by atoms with van der Waals surface area (Å²) in [6, 6.07) is 2.32. The molecule has 5 nitrogen and oxygen atoms in total. The van der Waals surface area contributed by atoms with E-state index in [0.29, 0.717) is 24.0 Å². The van der Waals surface area contributed by atoms with Crippen molar-refractivity contribution in [2.45, 2.75) is 50.1 Å². The zero-order valence-electron chi connectivity index (χ0n) is 10.7. The predicted octanol–water partition coefficient (Wildman–Crippen LogP) is 1.35. The van der Waals surface area contributed by atoms with E-state index in [1.165, 1.54) is 12.8 Å². The Kier molecular flexibility index (Phi) is 4.42. The van der Waals surface area contributed by atoms with Crippen LogP contribution in [-0.4, -0.2) is 26.0 Å². The first kappa shape index (κ1) is 13.6. The van der Waals surface area contributed by atoms with Crippen LogP contribution in [0.25, 0.3) is 0 Å². The summed E-state index contributed by atoms with van der Waals surface area (Å²) < 4.78 is 26.4. The summed E-state index contributed by atoms with van der Waals surface area (Å²) >= 11 is 0. The fraction of sp³-hybridized carbons (Fsp3) is 0.667. The average Bonchev–Trinajstić information content (AvgIpc) is 3.03. The van der Waals surface area contributed by atoms with Crippen LogP contribution in [0.15, 0.2) is 17.2 Å². The van der Waals surface area contributed by atoms with Gasteiger partial charge in [0, 0.05) is 31.0 Å². The van der Waals surface area contributed by atoms with Gasteiger partial charge in [0.15, 0.2) is 0 Å². The number of nitrogens with one attached hydrogen (secondary N) is 3. The molecule has 0 unspecified atom stereocenters. The molecular weight excluding hydrogens is 250 g/mol. The van der Waals surface area contributed by atoms with E-state index in [1.54, 1.807) is 12.3 Å². The third kappa shape index (κ3) is 3.83. The lowest BCUT2D eigenvalue weighted by atomic mass is 10.3. The normalized spacial score (nSPS) is 16.1. The summed E-state index contributed by atoms with van der Waals surface area (Å²) in [5, 5.41) is 3.34. The highest BCUT2D eigenvalue weighted by Crippen LogP contribution is 2.19. The molecule has 18 heavy (non-hydrogen) atoms. The number of aromatic nitrogens is 1. The van der Waals surface area contributed by atoms with E-state index >= 15 is 0 Å². The van der Waals surface area contributed by atoms with Crippen molar-refractivity contribution >= 4 is 10.0 Å². The summed E-state index contributed by atoms with van der Waals surface area (Å²) in [6.07, 6.45) is 5.85. The van der Waals surface area contributed by atoms with Crippen LogP contribution in [0, 0.1) is 0 Å². The van der Waals surface area contributed by atoms with E-state index in [1.807, 2.05) is 6.92 Å². The molecular formula is C12H21N3O2S. The first-order valence-corrected chi connectivity index (χ1v) is 8.00. The maximum atomic E-state index is 11.9. The number of rotatable bonds is 8. The van der Waals surface area contributed by atoms with Gasteiger partial charge in [0.05, 0.1) is 4.90 Å². The highest BCUT2D eigenvalue weighted by Gasteiger charge is 2.21. The van der Waals surface area contributed by atoms with Crippen molar-refractivity contribution in [1.82, 2.24) is 15.0 Å². The van der Waals surface area contributed by atoms with Crippen LogP contribution in [0.5, 0.6) is 0 Å². The van der Waals surface area contributed by atoms with Crippen molar-refractivity contribution in [3.63, 3.8) is 0 Å². The van der Waals surface area contributed by atoms with Gasteiger partial charge >= 0.3 is 0 Å². The largest absolute Gasteiger partial charge is 0.363 e. The summed E-state index contributed by atoms with van der Waals surface area (Å²) in [7, 11) is -3.34. The van der Waals surface area contributed by atoms with Gasteiger partial charge in [-0.2, -0.15) is 0 Å². The van der Waals surface area contributed by atoms with Crippen LogP contribution in [0.1, 0.15) is 38.3 Å². The first-order valence-electron chi connectivity index (χ1n) is 6.52. The summed E-state index contributed by atoms with van der Waals surface area (Å²) in [5.74, 6) is 0. The molecule has 3 N–H and O–H groups in total. The standard InChI is InChI=1S/C12H21N3O2S/c1-2-3-6-15-18(16,17)12-7-11(14-9-12)8-13-10-4-5-10/h7,9-10,13-15H,2-6,8H2,1H3. The van der Waals surface area contributed by atoms with E-state index in [2.05, 4.69) is 15.0 Å². The van der Waals surface area contributed by atoms with Crippen molar-refractivity contribution in [2.75, 3.05) is 6.54 Å². The topological polar surface area (TPSA) is 74.0 Å². The monoisotopic (exact) mass is 271 g/mol. The van der Waals surface area contributed by atoms with E-state index in [-0.39, 0.29) is 0 Å². The first-order chi connectivity index (χ1) is 8.62. The molecule has 1 aliphatic carbocycles. The summed E-state index contributed by atoms with van der Waals surface area (Å²) in [5.41, 5.74) is 0.915. The number of hydrogen-bond donors (Lipinski definition) is 3. The van der Waals surface area contributed by atoms with Gasteiger partial charge < -0.3 is 10.3 Å². The zero-order chi connectivity index (χ0) is 13.0. The second-order valence-corrected chi connectivity index (χ2v) is 6.53. The Bertz CT molecular complexity index is 477. The molecule has 1 aromatic heterocycles. The molecule has 0 spiro atoms. The average molecular weight is 271 g/mol. The number of unbranched alkanes of at least 4 members (excludes halogenated alkanes) is 1. The van der Waals surface area contributed by atoms with E-state index in [9.17, 15) is 8.42 Å². The van der Waals surface area contributed by atoms with Gasteiger partial charge in [-0.25, -0.2) is 13.1 Å². The van der Waals surface area contributed by atoms with Gasteiger partial charge in [-0.05, 0) is 25.3 Å². The SMILES string of the molecule is CCCCNS(=O)(=O)c1c[nH]c(CNC2CC2)c1. The van der Waals surface area contributed by atoms with Gasteiger partial charge in [-0.1, -0.05) is 13.3 Å². The van der Waals surface area contributed by atoms with Gasteiger partial charge in [-0.3, -0.25) is 0 Å². The molecule has 0 aliphatic heterocycles. The van der Waals surface area contributed by atoms with Gasteiger partial charge in [-0.15, -0.1) is 0 Å². The number of sulfonamides is 1. The van der Waals surface area contributed by atoms with Crippen molar-refractivity contribution < 1.29 is 8.42 Å². The Balaban J connectivity index is 1.90. The molecule has 1 heterocycles. The van der Waals surface area contributed by atoms with Crippen LogP contribution in [-0.2, 0) is 16.6 Å². The van der Waals surface area contributed by atoms with Crippen molar-refractivity contribution in [3.8, 4) is 0 Å². The van der Waals surface area contributed by atoms with E-state index in [0.717, 1.165) is 18.5 Å². The van der Waals surface area contributed by atoms with Crippen LogP contribution in [0.2, 0.25) is 0 Å². The third-order valence-corrected chi connectivity index (χ3v) is 4.45. The summed E-state index contributed by atoms with van der Waals surface area (Å²) in [4.78, 5) is 3.33. The minimum Gasteiger partial charge on any atom is -0.363 e. The predicted molar refractivity (Wildman–Crippen MR) is 70.8 cm³/mol. The molecule has 1 saturated carbocycles. The number of aromatic amines is 1. The molecule has 6 heteroatoms. The Hall–Kier alpha value is -0.850. The van der Waals surface area contributed by atoms with E-state index in [4.69, 9.17) is 0 Å². The molecule has 1 aromatic rings. The van der Waals surface area contributed by atoms with Crippen molar-refractivity contribution in [2.24, 2.45) is 0 Å². The molecule has 0 atom stereocenters. The molecule has 0 aromatic carbocycles. The second-order valence-electron chi connectivity index (χ2n) is 4.77. The van der Waals surface area contributed by atoms with Crippen LogP contribution in [0.4, 0.5) is 0 Å². The lowest BCUT2D eigenvalue weighted by Gasteiger charge is -2.03. The summed E-state index contributed by atoms with van der Waals surface area (Å²) in [6.45, 7) is 3.24. The van der Waals surface area contributed by atoms with Crippen molar-refractivity contribution in [1.29, 1.82) is 0 Å². The molecule has 2 rings (SSSR count). The van der Waals surface area contributed by atoms with Crippen LogP contribution in [0.3, 0.4) is 0 Å². The lowest BCUT2D eigenvalue weighted by molar-refractivity contribution is 0.578. The Labute approximate surface area is 108 Å². The fourth-order valence-electron chi connectivity index (χ4n) is 1.68. The zero-order valence-corrected chi connectivity index (χ0v) is 11.5. The smallest absolute Gasteiger partial charge is 0.242 e. The Morgan fingerprint density at radius 2 is 2.22 bits per heavy atom. The molecule has 0 bridgehead atoms. The molecule has 102 valence electrons. The van der Waals surface area contributed by atoms with Crippen LogP contribution < -0.4 is 10.0 Å². The second kappa shape index (κ2) is 5.86. The Morgan fingerprint density at radius 1 is 1.44 bits per heavy atom. The molecule has 0 radical (unpaired) electrons. The van der Waals surface area contributed by atoms with Crippen molar-refractivity contribution in [3.05, 3.63) is 18.0 Å². The fourth-order valence-corrected chi connectivity index (χ4v) is 2.78. The molecule has 1 fully saturated rings. The van der Waals surface area contributed by atoms with Gasteiger partial charge in [0.1, 0.15) is 0 Å². The highest BCUT2D eigenvalue weighted by atomic mass is 32.2. The minimum absolute atomic E-state index is 0.325. The maximum absolute atomic E-state index is 11.9. The lowest BCUT2D eigenvalue weighted by Crippen LogP contribution is -2.24. The number of H-pyrrole nitrogens is 1. The van der Waals surface area contributed by atoms with Gasteiger partial charge in [0.2, 0.25) is 10.0 Å². The molecule has 0 saturated heterocycles. The quantitative estimate of drug-likeness (QED) is 0.625. The third-order valence-electron chi connectivity index (χ3n) is 3.01. The molecule has 0 amide bonds. The maximum Gasteiger partial charge on any atom is 0.242 e. The Morgan fingerprint density at radius 3 is 2.89 bits per heavy atom. The van der Waals surface area contributed by atoms with Gasteiger partial charge in [0.25, 0.3) is 0 Å².